The van der Waals surface area contributed by atoms with Crippen LogP contribution < -0.4 is 5.32 Å². The molecule has 1 unspecified atom stereocenters. The van der Waals surface area contributed by atoms with E-state index in [1.807, 2.05) is 55.1 Å². The molecule has 2 aromatic heterocycles. The Kier molecular flexibility index (Phi) is 6.27. The topological polar surface area (TPSA) is 82.8 Å². The maximum atomic E-state index is 13.2. The van der Waals surface area contributed by atoms with Gasteiger partial charge in [-0.25, -0.2) is 9.50 Å². The van der Waals surface area contributed by atoms with Gasteiger partial charge in [0, 0.05) is 44.0 Å². The molecule has 0 aliphatic carbocycles. The fraction of sp³-hybridized carbons (Fsp3) is 0.391. The molecule has 2 amide bonds. The summed E-state index contributed by atoms with van der Waals surface area (Å²) in [5.41, 5.74) is 2.96. The van der Waals surface area contributed by atoms with E-state index in [1.165, 1.54) is 0 Å². The zero-order chi connectivity index (χ0) is 21.8. The molecule has 0 radical (unpaired) electrons. The minimum atomic E-state index is -0.0728. The van der Waals surface area contributed by atoms with Gasteiger partial charge in [-0.1, -0.05) is 37.3 Å². The van der Waals surface area contributed by atoms with Gasteiger partial charge < -0.3 is 10.2 Å². The number of carbonyl (C=O) groups is 2. The van der Waals surface area contributed by atoms with E-state index in [0.717, 1.165) is 17.7 Å². The van der Waals surface area contributed by atoms with E-state index in [2.05, 4.69) is 20.3 Å². The van der Waals surface area contributed by atoms with Crippen molar-refractivity contribution in [1.82, 2.24) is 29.7 Å². The summed E-state index contributed by atoms with van der Waals surface area (Å²) in [5, 5.41) is 7.44. The van der Waals surface area contributed by atoms with Crippen LogP contribution in [0.1, 0.15) is 30.6 Å². The summed E-state index contributed by atoms with van der Waals surface area (Å²) in [4.78, 5) is 33.6. The third kappa shape index (κ3) is 4.59. The highest BCUT2D eigenvalue weighted by Crippen LogP contribution is 2.21. The van der Waals surface area contributed by atoms with Crippen molar-refractivity contribution in [1.29, 1.82) is 0 Å². The van der Waals surface area contributed by atoms with Crippen molar-refractivity contribution >= 4 is 17.5 Å². The highest BCUT2D eigenvalue weighted by atomic mass is 16.2. The summed E-state index contributed by atoms with van der Waals surface area (Å²) >= 11 is 0. The molecule has 1 aliphatic heterocycles. The predicted molar refractivity (Wildman–Crippen MR) is 119 cm³/mol. The third-order valence-corrected chi connectivity index (χ3v) is 5.75. The van der Waals surface area contributed by atoms with Gasteiger partial charge in [-0.2, -0.15) is 5.10 Å². The smallest absolute Gasteiger partial charge is 0.259 e. The molecule has 1 fully saturated rings. The van der Waals surface area contributed by atoms with Crippen LogP contribution in [-0.2, 0) is 4.79 Å². The fourth-order valence-corrected chi connectivity index (χ4v) is 3.77. The Morgan fingerprint density at radius 2 is 1.84 bits per heavy atom. The number of amides is 2. The molecular formula is C23H28N6O2. The van der Waals surface area contributed by atoms with Gasteiger partial charge >= 0.3 is 0 Å². The first-order valence-corrected chi connectivity index (χ1v) is 10.8. The molecule has 1 aromatic carbocycles. The van der Waals surface area contributed by atoms with Crippen LogP contribution in [0.2, 0.25) is 0 Å². The lowest BCUT2D eigenvalue weighted by atomic mass is 10.1. The first kappa shape index (κ1) is 21.0. The molecule has 1 saturated heterocycles. The van der Waals surface area contributed by atoms with Crippen LogP contribution in [0.3, 0.4) is 0 Å². The standard InChI is InChI=1S/C23H28N6O2/c1-3-17(2)26-21(30)16-27-11-13-28(14-12-27)23(31)19-15-25-29-20(9-10-24-22(19)29)18-7-5-4-6-8-18/h4-10,15,17H,3,11-14,16H2,1-2H3,(H,26,30). The van der Waals surface area contributed by atoms with Gasteiger partial charge in [0.15, 0.2) is 5.65 Å². The SMILES string of the molecule is CCC(C)NC(=O)CN1CCN(C(=O)c2cnn3c(-c4ccccc4)ccnc23)CC1. The average molecular weight is 421 g/mol. The zero-order valence-corrected chi connectivity index (χ0v) is 18.0. The predicted octanol–water partition coefficient (Wildman–Crippen LogP) is 2.07. The molecule has 3 aromatic rings. The molecule has 8 nitrogen and oxygen atoms in total. The van der Waals surface area contributed by atoms with Gasteiger partial charge in [0.25, 0.3) is 5.91 Å². The lowest BCUT2D eigenvalue weighted by molar-refractivity contribution is -0.123. The molecule has 1 atom stereocenters. The van der Waals surface area contributed by atoms with Crippen molar-refractivity contribution in [2.75, 3.05) is 32.7 Å². The largest absolute Gasteiger partial charge is 0.353 e. The number of piperazine rings is 1. The number of aromatic nitrogens is 3. The molecule has 0 spiro atoms. The van der Waals surface area contributed by atoms with E-state index in [0.29, 0.717) is 43.9 Å². The Balaban J connectivity index is 1.43. The third-order valence-electron chi connectivity index (χ3n) is 5.75. The molecule has 1 N–H and O–H groups in total. The molecule has 31 heavy (non-hydrogen) atoms. The number of nitrogens with one attached hydrogen (secondary N) is 1. The summed E-state index contributed by atoms with van der Waals surface area (Å²) in [7, 11) is 0. The Hall–Kier alpha value is -3.26. The van der Waals surface area contributed by atoms with E-state index < -0.39 is 0 Å². The number of carbonyl (C=O) groups excluding carboxylic acids is 2. The maximum Gasteiger partial charge on any atom is 0.259 e. The van der Waals surface area contributed by atoms with Crippen molar-refractivity contribution in [2.24, 2.45) is 0 Å². The number of nitrogens with zero attached hydrogens (tertiary/aromatic N) is 5. The van der Waals surface area contributed by atoms with E-state index in [-0.39, 0.29) is 17.9 Å². The normalized spacial score (nSPS) is 15.7. The van der Waals surface area contributed by atoms with Gasteiger partial charge in [-0.05, 0) is 19.4 Å². The summed E-state index contributed by atoms with van der Waals surface area (Å²) in [6.07, 6.45) is 4.22. The summed E-state index contributed by atoms with van der Waals surface area (Å²) in [6.45, 7) is 6.90. The van der Waals surface area contributed by atoms with Crippen molar-refractivity contribution < 1.29 is 9.59 Å². The Morgan fingerprint density at radius 3 is 2.55 bits per heavy atom. The van der Waals surface area contributed by atoms with Crippen LogP contribution >= 0.6 is 0 Å². The summed E-state index contributed by atoms with van der Waals surface area (Å²) in [6, 6.07) is 12.0. The molecule has 0 saturated carbocycles. The van der Waals surface area contributed by atoms with E-state index in [1.54, 1.807) is 16.9 Å². The molecular weight excluding hydrogens is 392 g/mol. The molecule has 3 heterocycles. The minimum Gasteiger partial charge on any atom is -0.353 e. The van der Waals surface area contributed by atoms with Gasteiger partial charge in [-0.15, -0.1) is 0 Å². The molecule has 8 heteroatoms. The summed E-state index contributed by atoms with van der Waals surface area (Å²) < 4.78 is 1.72. The Bertz CT molecular complexity index is 1060. The number of hydrogen-bond acceptors (Lipinski definition) is 5. The van der Waals surface area contributed by atoms with Gasteiger partial charge in [0.2, 0.25) is 5.91 Å². The van der Waals surface area contributed by atoms with E-state index >= 15 is 0 Å². The van der Waals surface area contributed by atoms with Crippen LogP contribution in [0.5, 0.6) is 0 Å². The second-order valence-electron chi connectivity index (χ2n) is 7.93. The Labute approximate surface area is 181 Å². The molecule has 162 valence electrons. The van der Waals surface area contributed by atoms with Crippen LogP contribution in [0, 0.1) is 0 Å². The lowest BCUT2D eigenvalue weighted by Gasteiger charge is -2.34. The average Bonchev–Trinajstić information content (AvgIpc) is 3.24. The van der Waals surface area contributed by atoms with Crippen LogP contribution in [0.15, 0.2) is 48.8 Å². The molecule has 0 bridgehead atoms. The second kappa shape index (κ2) is 9.26. The zero-order valence-electron chi connectivity index (χ0n) is 18.0. The van der Waals surface area contributed by atoms with Crippen LogP contribution in [-0.4, -0.2) is 75.0 Å². The van der Waals surface area contributed by atoms with Gasteiger partial charge in [0.1, 0.15) is 5.56 Å². The number of rotatable bonds is 6. The number of benzene rings is 1. The van der Waals surface area contributed by atoms with E-state index in [9.17, 15) is 9.59 Å². The van der Waals surface area contributed by atoms with E-state index in [4.69, 9.17) is 0 Å². The molecule has 1 aliphatic rings. The minimum absolute atomic E-state index is 0.0365. The van der Waals surface area contributed by atoms with Crippen molar-refractivity contribution in [2.45, 2.75) is 26.3 Å². The van der Waals surface area contributed by atoms with Crippen LogP contribution in [0.25, 0.3) is 16.9 Å². The lowest BCUT2D eigenvalue weighted by Crippen LogP contribution is -2.51. The Morgan fingerprint density at radius 1 is 1.10 bits per heavy atom. The van der Waals surface area contributed by atoms with Gasteiger partial charge in [-0.3, -0.25) is 14.5 Å². The van der Waals surface area contributed by atoms with Crippen molar-refractivity contribution in [3.63, 3.8) is 0 Å². The second-order valence-corrected chi connectivity index (χ2v) is 7.93. The maximum absolute atomic E-state index is 13.2. The fourth-order valence-electron chi connectivity index (χ4n) is 3.77. The summed E-state index contributed by atoms with van der Waals surface area (Å²) in [5.74, 6) is -0.0363. The van der Waals surface area contributed by atoms with Crippen molar-refractivity contribution in [3.05, 3.63) is 54.4 Å². The highest BCUT2D eigenvalue weighted by Gasteiger charge is 2.26. The number of fused-ring (bicyclic) bond motifs is 1. The van der Waals surface area contributed by atoms with Gasteiger partial charge in [0.05, 0.1) is 18.4 Å². The highest BCUT2D eigenvalue weighted by molar-refractivity contribution is 6.00. The quantitative estimate of drug-likeness (QED) is 0.660. The first-order chi connectivity index (χ1) is 15.1. The first-order valence-electron chi connectivity index (χ1n) is 10.8. The van der Waals surface area contributed by atoms with Crippen molar-refractivity contribution in [3.8, 4) is 11.3 Å². The van der Waals surface area contributed by atoms with Crippen LogP contribution in [0.4, 0.5) is 0 Å². The number of hydrogen-bond donors (Lipinski definition) is 1. The molecule has 4 rings (SSSR count). The monoisotopic (exact) mass is 420 g/mol.